The summed E-state index contributed by atoms with van der Waals surface area (Å²) < 4.78 is 16.7. The molecule has 6 heteroatoms. The minimum absolute atomic E-state index is 0.0965. The molecule has 1 atom stereocenters. The molecule has 0 saturated heterocycles. The zero-order valence-electron chi connectivity index (χ0n) is 38.6. The second-order valence-electron chi connectivity index (χ2n) is 16.7. The Balaban J connectivity index is 4.44. The average molecular weight is 815 g/mol. The highest BCUT2D eigenvalue weighted by Gasteiger charge is 2.19. The van der Waals surface area contributed by atoms with Crippen molar-refractivity contribution in [1.29, 1.82) is 0 Å². The van der Waals surface area contributed by atoms with Crippen molar-refractivity contribution in [2.75, 3.05) is 13.2 Å². The van der Waals surface area contributed by atoms with Crippen LogP contribution in [0.15, 0.2) is 36.5 Å². The summed E-state index contributed by atoms with van der Waals surface area (Å²) in [5.41, 5.74) is 0. The summed E-state index contributed by atoms with van der Waals surface area (Å²) >= 11 is 0. The molecular formula is C52H94O6. The van der Waals surface area contributed by atoms with E-state index in [0.717, 1.165) is 64.2 Å². The third-order valence-corrected chi connectivity index (χ3v) is 10.9. The van der Waals surface area contributed by atoms with Gasteiger partial charge in [-0.05, 0) is 64.2 Å². The SMILES string of the molecule is CCCCCCCC/C=C\C/C=C\CCC(=O)OC(COC(=O)CCCCC/C=C\CCCCCCCC)COC(=O)CCCCCCCCCCCCCCCC. The fourth-order valence-corrected chi connectivity index (χ4v) is 7.08. The fraction of sp³-hybridized carbons (Fsp3) is 0.827. The Labute approximate surface area is 359 Å². The van der Waals surface area contributed by atoms with E-state index in [1.54, 1.807) is 0 Å². The molecule has 0 aliphatic heterocycles. The zero-order valence-corrected chi connectivity index (χ0v) is 38.6. The fourth-order valence-electron chi connectivity index (χ4n) is 7.08. The second-order valence-corrected chi connectivity index (χ2v) is 16.7. The minimum Gasteiger partial charge on any atom is -0.462 e. The summed E-state index contributed by atoms with van der Waals surface area (Å²) in [5, 5.41) is 0. The molecule has 0 heterocycles. The van der Waals surface area contributed by atoms with Crippen LogP contribution in [-0.4, -0.2) is 37.2 Å². The van der Waals surface area contributed by atoms with Gasteiger partial charge in [0.15, 0.2) is 6.10 Å². The maximum absolute atomic E-state index is 12.7. The van der Waals surface area contributed by atoms with Crippen molar-refractivity contribution in [3.63, 3.8) is 0 Å². The first-order valence-corrected chi connectivity index (χ1v) is 25.0. The second kappa shape index (κ2) is 47.3. The van der Waals surface area contributed by atoms with Crippen LogP contribution < -0.4 is 0 Å². The summed E-state index contributed by atoms with van der Waals surface area (Å²) in [6, 6.07) is 0. The first-order valence-electron chi connectivity index (χ1n) is 25.0. The van der Waals surface area contributed by atoms with E-state index in [9.17, 15) is 14.4 Å². The number of carbonyl (C=O) groups excluding carboxylic acids is 3. The number of allylic oxidation sites excluding steroid dienone is 6. The first-order chi connectivity index (χ1) is 28.5. The molecular weight excluding hydrogens is 721 g/mol. The number of rotatable bonds is 45. The van der Waals surface area contributed by atoms with Gasteiger partial charge in [0.05, 0.1) is 0 Å². The summed E-state index contributed by atoms with van der Waals surface area (Å²) in [7, 11) is 0. The maximum Gasteiger partial charge on any atom is 0.306 e. The lowest BCUT2D eigenvalue weighted by Crippen LogP contribution is -2.30. The molecule has 0 N–H and O–H groups in total. The van der Waals surface area contributed by atoms with E-state index >= 15 is 0 Å². The lowest BCUT2D eigenvalue weighted by Gasteiger charge is -2.18. The molecule has 0 amide bonds. The Morgan fingerprint density at radius 2 is 0.655 bits per heavy atom. The van der Waals surface area contributed by atoms with Crippen molar-refractivity contribution in [1.82, 2.24) is 0 Å². The minimum atomic E-state index is -0.803. The van der Waals surface area contributed by atoms with Gasteiger partial charge in [0.2, 0.25) is 0 Å². The molecule has 0 aliphatic carbocycles. The van der Waals surface area contributed by atoms with Crippen molar-refractivity contribution in [3.05, 3.63) is 36.5 Å². The summed E-state index contributed by atoms with van der Waals surface area (Å²) in [5.74, 6) is -0.974. The molecule has 0 aromatic heterocycles. The molecule has 0 radical (unpaired) electrons. The van der Waals surface area contributed by atoms with Crippen molar-refractivity contribution in [2.45, 2.75) is 264 Å². The molecule has 0 aliphatic rings. The van der Waals surface area contributed by atoms with E-state index < -0.39 is 6.10 Å². The Hall–Kier alpha value is -2.37. The molecule has 338 valence electrons. The van der Waals surface area contributed by atoms with E-state index in [2.05, 4.69) is 51.2 Å². The van der Waals surface area contributed by atoms with Crippen LogP contribution in [0.2, 0.25) is 0 Å². The average Bonchev–Trinajstić information content (AvgIpc) is 3.22. The first kappa shape index (κ1) is 55.6. The molecule has 1 unspecified atom stereocenters. The van der Waals surface area contributed by atoms with Gasteiger partial charge >= 0.3 is 17.9 Å². The van der Waals surface area contributed by atoms with Crippen LogP contribution in [0.25, 0.3) is 0 Å². The topological polar surface area (TPSA) is 78.9 Å². The number of hydrogen-bond acceptors (Lipinski definition) is 6. The molecule has 0 rings (SSSR count). The lowest BCUT2D eigenvalue weighted by molar-refractivity contribution is -0.166. The lowest BCUT2D eigenvalue weighted by atomic mass is 10.0. The molecule has 0 saturated carbocycles. The van der Waals surface area contributed by atoms with Crippen molar-refractivity contribution < 1.29 is 28.6 Å². The highest BCUT2D eigenvalue weighted by molar-refractivity contribution is 5.71. The Bertz CT molecular complexity index is 984. The van der Waals surface area contributed by atoms with Gasteiger partial charge in [-0.3, -0.25) is 14.4 Å². The largest absolute Gasteiger partial charge is 0.462 e. The van der Waals surface area contributed by atoms with Crippen molar-refractivity contribution >= 4 is 17.9 Å². The number of carbonyl (C=O) groups is 3. The van der Waals surface area contributed by atoms with Gasteiger partial charge in [0.25, 0.3) is 0 Å². The highest BCUT2D eigenvalue weighted by Crippen LogP contribution is 2.15. The van der Waals surface area contributed by atoms with Crippen LogP contribution in [0.3, 0.4) is 0 Å². The third kappa shape index (κ3) is 44.7. The predicted molar refractivity (Wildman–Crippen MR) is 247 cm³/mol. The normalized spacial score (nSPS) is 12.3. The van der Waals surface area contributed by atoms with E-state index in [0.29, 0.717) is 19.3 Å². The Kier molecular flexibility index (Phi) is 45.4. The molecule has 0 aromatic carbocycles. The van der Waals surface area contributed by atoms with Crippen LogP contribution in [0.1, 0.15) is 258 Å². The summed E-state index contributed by atoms with van der Waals surface area (Å²) in [6.07, 6.45) is 54.2. The predicted octanol–water partition coefficient (Wildman–Crippen LogP) is 16.1. The van der Waals surface area contributed by atoms with Gasteiger partial charge in [0, 0.05) is 19.3 Å². The smallest absolute Gasteiger partial charge is 0.306 e. The number of unbranched alkanes of at least 4 members (excludes halogenated alkanes) is 28. The van der Waals surface area contributed by atoms with E-state index in [1.165, 1.54) is 148 Å². The highest BCUT2D eigenvalue weighted by atomic mass is 16.6. The van der Waals surface area contributed by atoms with Crippen LogP contribution in [0, 0.1) is 0 Å². The molecule has 0 spiro atoms. The van der Waals surface area contributed by atoms with Gasteiger partial charge in [-0.1, -0.05) is 211 Å². The summed E-state index contributed by atoms with van der Waals surface area (Å²) in [4.78, 5) is 37.8. The van der Waals surface area contributed by atoms with Crippen LogP contribution in [-0.2, 0) is 28.6 Å². The monoisotopic (exact) mass is 815 g/mol. The van der Waals surface area contributed by atoms with Crippen LogP contribution in [0.5, 0.6) is 0 Å². The molecule has 0 bridgehead atoms. The van der Waals surface area contributed by atoms with Crippen molar-refractivity contribution in [2.24, 2.45) is 0 Å². The van der Waals surface area contributed by atoms with Gasteiger partial charge < -0.3 is 14.2 Å². The number of hydrogen-bond donors (Lipinski definition) is 0. The van der Waals surface area contributed by atoms with Gasteiger partial charge in [-0.2, -0.15) is 0 Å². The van der Waals surface area contributed by atoms with E-state index in [-0.39, 0.29) is 37.5 Å². The van der Waals surface area contributed by atoms with E-state index in [1.807, 2.05) is 6.08 Å². The zero-order chi connectivity index (χ0) is 42.3. The summed E-state index contributed by atoms with van der Waals surface area (Å²) in [6.45, 7) is 6.57. The quantitative estimate of drug-likeness (QED) is 0.0264. The number of ether oxygens (including phenoxy) is 3. The Morgan fingerprint density at radius 3 is 1.05 bits per heavy atom. The molecule has 0 fully saturated rings. The standard InChI is InChI=1S/C52H94O6/c1-4-7-10-13-16-19-22-25-28-30-33-36-39-42-45-51(54)57-48-49(58-52(55)46-43-40-37-34-31-27-24-21-18-15-12-9-6-3)47-56-50(53)44-41-38-35-32-29-26-23-20-17-14-11-8-5-2/h26-27,29,31,37,40,49H,4-25,28,30,32-36,38-39,41-48H2,1-3H3/b29-26-,31-27-,40-37-. The van der Waals surface area contributed by atoms with Crippen molar-refractivity contribution in [3.8, 4) is 0 Å². The van der Waals surface area contributed by atoms with Gasteiger partial charge in [-0.25, -0.2) is 0 Å². The third-order valence-electron chi connectivity index (χ3n) is 10.9. The van der Waals surface area contributed by atoms with Gasteiger partial charge in [0.1, 0.15) is 13.2 Å². The molecule has 6 nitrogen and oxygen atoms in total. The Morgan fingerprint density at radius 1 is 0.345 bits per heavy atom. The maximum atomic E-state index is 12.7. The van der Waals surface area contributed by atoms with E-state index in [4.69, 9.17) is 14.2 Å². The van der Waals surface area contributed by atoms with Crippen LogP contribution in [0.4, 0.5) is 0 Å². The molecule has 0 aromatic rings. The number of esters is 3. The van der Waals surface area contributed by atoms with Crippen LogP contribution >= 0.6 is 0 Å². The molecule has 58 heavy (non-hydrogen) atoms. The van der Waals surface area contributed by atoms with Gasteiger partial charge in [-0.15, -0.1) is 0 Å².